The number of hydrogen-bond acceptors (Lipinski definition) is 5. The van der Waals surface area contributed by atoms with Crippen LogP contribution in [-0.2, 0) is 0 Å². The second-order valence-corrected chi connectivity index (χ2v) is 7.62. The number of aromatic nitrogens is 2. The molecule has 0 fully saturated rings. The van der Waals surface area contributed by atoms with Gasteiger partial charge in [0.05, 0.1) is 21.9 Å². The van der Waals surface area contributed by atoms with Gasteiger partial charge in [-0.2, -0.15) is 0 Å². The molecular formula is C21H24N4O2. The van der Waals surface area contributed by atoms with Gasteiger partial charge in [-0.25, -0.2) is 9.97 Å². The summed E-state index contributed by atoms with van der Waals surface area (Å²) in [4.78, 5) is 19.4. The van der Waals surface area contributed by atoms with Gasteiger partial charge in [-0.1, -0.05) is 43.7 Å². The van der Waals surface area contributed by atoms with Crippen molar-refractivity contribution in [1.82, 2.24) is 9.97 Å². The highest BCUT2D eigenvalue weighted by Crippen LogP contribution is 2.41. The topological polar surface area (TPSA) is 94.9 Å². The summed E-state index contributed by atoms with van der Waals surface area (Å²) < 4.78 is 0. The molecule has 6 nitrogen and oxygen atoms in total. The van der Waals surface area contributed by atoms with Crippen LogP contribution >= 0.6 is 0 Å². The van der Waals surface area contributed by atoms with Gasteiger partial charge < -0.3 is 5.73 Å². The molecule has 1 heterocycles. The van der Waals surface area contributed by atoms with Gasteiger partial charge in [-0.15, -0.1) is 0 Å². The fourth-order valence-electron chi connectivity index (χ4n) is 3.74. The Morgan fingerprint density at radius 1 is 1.30 bits per heavy atom. The normalized spacial score (nSPS) is 19.1. The smallest absolute Gasteiger partial charge is 0.278 e. The van der Waals surface area contributed by atoms with Gasteiger partial charge in [0.25, 0.3) is 5.69 Å². The lowest BCUT2D eigenvalue weighted by molar-refractivity contribution is -0.384. The summed E-state index contributed by atoms with van der Waals surface area (Å²) in [5.41, 5.74) is 8.92. The molecule has 1 atom stereocenters. The van der Waals surface area contributed by atoms with Crippen molar-refractivity contribution in [2.75, 3.05) is 5.73 Å². The van der Waals surface area contributed by atoms with Gasteiger partial charge in [0.2, 0.25) is 5.95 Å². The molecule has 0 spiro atoms. The summed E-state index contributed by atoms with van der Waals surface area (Å²) >= 11 is 0. The molecule has 1 aliphatic carbocycles. The third-order valence-corrected chi connectivity index (χ3v) is 5.19. The Balaban J connectivity index is 1.99. The molecule has 0 bridgehead atoms. The van der Waals surface area contributed by atoms with E-state index in [1.54, 1.807) is 24.3 Å². The molecule has 140 valence electrons. The number of nitro benzene ring substituents is 1. The first-order chi connectivity index (χ1) is 12.8. The summed E-state index contributed by atoms with van der Waals surface area (Å²) in [5.74, 6) is 0.414. The lowest BCUT2D eigenvalue weighted by atomic mass is 9.68. The highest BCUT2D eigenvalue weighted by Gasteiger charge is 2.30. The van der Waals surface area contributed by atoms with Crippen molar-refractivity contribution in [2.24, 2.45) is 11.3 Å². The molecule has 0 saturated carbocycles. The molecule has 1 aromatic carbocycles. The lowest BCUT2D eigenvalue weighted by Gasteiger charge is -2.36. The fraction of sp³-hybridized carbons (Fsp3) is 0.333. The van der Waals surface area contributed by atoms with E-state index < -0.39 is 4.92 Å². The van der Waals surface area contributed by atoms with Crippen molar-refractivity contribution < 1.29 is 4.92 Å². The standard InChI is InChI=1S/C21H24N4O2/c1-14-7-6-12-21(2,3)17(14)11-10-15-13-18(24-20(22)23-15)16-8-4-5-9-19(16)25(26)27/h4-5,7-11,13,17H,6,12H2,1-3H3,(H2,22,23,24)/b11-10+. The van der Waals surface area contributed by atoms with Gasteiger partial charge in [0, 0.05) is 12.0 Å². The van der Waals surface area contributed by atoms with E-state index in [4.69, 9.17) is 5.73 Å². The van der Waals surface area contributed by atoms with E-state index in [0.29, 0.717) is 22.9 Å². The van der Waals surface area contributed by atoms with Gasteiger partial charge in [-0.3, -0.25) is 10.1 Å². The largest absolute Gasteiger partial charge is 0.368 e. The lowest BCUT2D eigenvalue weighted by Crippen LogP contribution is -2.26. The van der Waals surface area contributed by atoms with Gasteiger partial charge in [-0.05, 0) is 43.4 Å². The summed E-state index contributed by atoms with van der Waals surface area (Å²) in [5, 5.41) is 11.3. The van der Waals surface area contributed by atoms with Gasteiger partial charge in [0.15, 0.2) is 0 Å². The average Bonchev–Trinajstić information content (AvgIpc) is 2.60. The van der Waals surface area contributed by atoms with Crippen LogP contribution in [0.2, 0.25) is 0 Å². The quantitative estimate of drug-likeness (QED) is 0.466. The van der Waals surface area contributed by atoms with Crippen molar-refractivity contribution >= 4 is 17.7 Å². The van der Waals surface area contributed by atoms with Crippen molar-refractivity contribution in [3.63, 3.8) is 0 Å². The minimum Gasteiger partial charge on any atom is -0.368 e. The summed E-state index contributed by atoms with van der Waals surface area (Å²) in [6.07, 6.45) is 8.60. The second kappa shape index (κ2) is 7.31. The first-order valence-corrected chi connectivity index (χ1v) is 9.01. The zero-order valence-corrected chi connectivity index (χ0v) is 15.8. The number of hydrogen-bond donors (Lipinski definition) is 1. The van der Waals surface area contributed by atoms with Gasteiger partial charge >= 0.3 is 0 Å². The van der Waals surface area contributed by atoms with Gasteiger partial charge in [0.1, 0.15) is 0 Å². The molecule has 0 amide bonds. The van der Waals surface area contributed by atoms with Crippen LogP contribution in [-0.4, -0.2) is 14.9 Å². The van der Waals surface area contributed by atoms with E-state index in [-0.39, 0.29) is 17.1 Å². The second-order valence-electron chi connectivity index (χ2n) is 7.62. The van der Waals surface area contributed by atoms with Crippen LogP contribution in [0.3, 0.4) is 0 Å². The monoisotopic (exact) mass is 364 g/mol. The number of nitrogen functional groups attached to an aromatic ring is 1. The molecule has 6 heteroatoms. The number of benzene rings is 1. The van der Waals surface area contributed by atoms with E-state index in [2.05, 4.69) is 42.9 Å². The zero-order chi connectivity index (χ0) is 19.6. The van der Waals surface area contributed by atoms with Crippen LogP contribution in [0.5, 0.6) is 0 Å². The highest BCUT2D eigenvalue weighted by atomic mass is 16.6. The minimum atomic E-state index is -0.415. The van der Waals surface area contributed by atoms with E-state index in [0.717, 1.165) is 12.8 Å². The highest BCUT2D eigenvalue weighted by molar-refractivity contribution is 5.72. The van der Waals surface area contributed by atoms with Crippen LogP contribution in [0.1, 0.15) is 39.3 Å². The molecule has 1 unspecified atom stereocenters. The first-order valence-electron chi connectivity index (χ1n) is 9.01. The Morgan fingerprint density at radius 3 is 2.74 bits per heavy atom. The average molecular weight is 364 g/mol. The van der Waals surface area contributed by atoms with E-state index in [1.807, 2.05) is 6.08 Å². The van der Waals surface area contributed by atoms with Crippen LogP contribution < -0.4 is 5.73 Å². The molecule has 2 N–H and O–H groups in total. The maximum atomic E-state index is 11.3. The summed E-state index contributed by atoms with van der Waals surface area (Å²) in [6, 6.07) is 8.25. The van der Waals surface area contributed by atoms with E-state index in [9.17, 15) is 10.1 Å². The Hall–Kier alpha value is -3.02. The van der Waals surface area contributed by atoms with Crippen LogP contribution in [0.25, 0.3) is 17.3 Å². The molecule has 0 aliphatic heterocycles. The third-order valence-electron chi connectivity index (χ3n) is 5.19. The third kappa shape index (κ3) is 4.05. The van der Waals surface area contributed by atoms with Crippen molar-refractivity contribution in [2.45, 2.75) is 33.6 Å². The number of anilines is 1. The van der Waals surface area contributed by atoms with Crippen LogP contribution in [0.15, 0.2) is 48.1 Å². The van der Waals surface area contributed by atoms with Crippen LogP contribution in [0.4, 0.5) is 11.6 Å². The Kier molecular flexibility index (Phi) is 5.08. The summed E-state index contributed by atoms with van der Waals surface area (Å²) in [6.45, 7) is 6.69. The Morgan fingerprint density at radius 2 is 2.04 bits per heavy atom. The predicted octanol–water partition coefficient (Wildman–Crippen LogP) is 5.03. The number of allylic oxidation sites excluding steroid dienone is 3. The molecule has 0 radical (unpaired) electrons. The number of nitro groups is 1. The number of nitrogens with zero attached hydrogens (tertiary/aromatic N) is 3. The molecule has 27 heavy (non-hydrogen) atoms. The zero-order valence-electron chi connectivity index (χ0n) is 15.8. The van der Waals surface area contributed by atoms with Crippen molar-refractivity contribution in [1.29, 1.82) is 0 Å². The molecule has 1 aromatic heterocycles. The number of para-hydroxylation sites is 1. The summed E-state index contributed by atoms with van der Waals surface area (Å²) in [7, 11) is 0. The van der Waals surface area contributed by atoms with Crippen LogP contribution in [0, 0.1) is 21.4 Å². The fourth-order valence-corrected chi connectivity index (χ4v) is 3.74. The van der Waals surface area contributed by atoms with E-state index >= 15 is 0 Å². The molecule has 2 aromatic rings. The molecular weight excluding hydrogens is 340 g/mol. The Labute approximate surface area is 159 Å². The first kappa shape index (κ1) is 18.8. The molecule has 3 rings (SSSR count). The molecule has 0 saturated heterocycles. The molecule has 1 aliphatic rings. The minimum absolute atomic E-state index is 0.00211. The maximum absolute atomic E-state index is 11.3. The SMILES string of the molecule is CC1=CCCC(C)(C)C1/C=C/c1cc(-c2ccccc2[N+](=O)[O-])nc(N)n1. The number of rotatable bonds is 4. The van der Waals surface area contributed by atoms with E-state index in [1.165, 1.54) is 11.6 Å². The number of nitrogens with two attached hydrogens (primary N) is 1. The Bertz CT molecular complexity index is 932. The van der Waals surface area contributed by atoms with Crippen molar-refractivity contribution in [3.05, 3.63) is 63.9 Å². The van der Waals surface area contributed by atoms with Crippen molar-refractivity contribution in [3.8, 4) is 11.3 Å². The maximum Gasteiger partial charge on any atom is 0.278 e. The predicted molar refractivity (Wildman–Crippen MR) is 108 cm³/mol.